The van der Waals surface area contributed by atoms with E-state index in [4.69, 9.17) is 4.52 Å². The molecular weight excluding hydrogens is 238 g/mol. The molecule has 18 heavy (non-hydrogen) atoms. The Kier molecular flexibility index (Phi) is 3.46. The summed E-state index contributed by atoms with van der Waals surface area (Å²) in [4.78, 5) is 23.1. The number of rotatable bonds is 4. The van der Waals surface area contributed by atoms with Crippen LogP contribution in [0, 0.1) is 6.92 Å². The van der Waals surface area contributed by atoms with Crippen LogP contribution >= 0.6 is 0 Å². The molecular formula is C10H11N5O3. The first-order chi connectivity index (χ1) is 8.69. The van der Waals surface area contributed by atoms with Gasteiger partial charge in [0.15, 0.2) is 11.5 Å². The second kappa shape index (κ2) is 5.21. The average Bonchev–Trinajstić information content (AvgIpc) is 2.82. The Bertz CT molecular complexity index is 537. The minimum atomic E-state index is -0.525. The van der Waals surface area contributed by atoms with Crippen LogP contribution in [0.15, 0.2) is 16.9 Å². The van der Waals surface area contributed by atoms with E-state index in [-0.39, 0.29) is 5.69 Å². The highest BCUT2D eigenvalue weighted by Gasteiger charge is 2.07. The molecule has 8 nitrogen and oxygen atoms in total. The molecule has 0 aliphatic carbocycles. The Morgan fingerprint density at radius 3 is 2.83 bits per heavy atom. The summed E-state index contributed by atoms with van der Waals surface area (Å²) >= 11 is 0. The molecule has 94 valence electrons. The lowest BCUT2D eigenvalue weighted by atomic mass is 10.4. The van der Waals surface area contributed by atoms with Gasteiger partial charge in [-0.1, -0.05) is 5.16 Å². The summed E-state index contributed by atoms with van der Waals surface area (Å²) in [5.41, 5.74) is 0.151. The zero-order valence-electron chi connectivity index (χ0n) is 9.88. The number of anilines is 1. The van der Waals surface area contributed by atoms with E-state index >= 15 is 0 Å². The van der Waals surface area contributed by atoms with Crippen molar-refractivity contribution in [1.29, 1.82) is 0 Å². The Balaban J connectivity index is 1.96. The summed E-state index contributed by atoms with van der Waals surface area (Å²) in [6.07, 6.45) is 2.76. The largest absolute Gasteiger partial charge is 0.464 e. The number of esters is 1. The smallest absolute Gasteiger partial charge is 0.358 e. The summed E-state index contributed by atoms with van der Waals surface area (Å²) in [5.74, 6) is 0.998. The van der Waals surface area contributed by atoms with Crippen molar-refractivity contribution in [1.82, 2.24) is 20.1 Å². The van der Waals surface area contributed by atoms with Crippen molar-refractivity contribution >= 4 is 11.8 Å². The van der Waals surface area contributed by atoms with Gasteiger partial charge in [0.25, 0.3) is 0 Å². The Morgan fingerprint density at radius 2 is 2.28 bits per heavy atom. The third kappa shape index (κ3) is 2.78. The summed E-state index contributed by atoms with van der Waals surface area (Å²) in [6.45, 7) is 2.07. The van der Waals surface area contributed by atoms with Gasteiger partial charge in [-0.15, -0.1) is 0 Å². The predicted molar refractivity (Wildman–Crippen MR) is 59.7 cm³/mol. The number of methoxy groups -OCH3 is 1. The van der Waals surface area contributed by atoms with E-state index in [2.05, 4.69) is 30.2 Å². The summed E-state index contributed by atoms with van der Waals surface area (Å²) in [6, 6.07) is 0. The Hall–Kier alpha value is -2.51. The van der Waals surface area contributed by atoms with E-state index in [9.17, 15) is 4.79 Å². The molecule has 0 bridgehead atoms. The molecule has 0 saturated carbocycles. The first-order valence-corrected chi connectivity index (χ1v) is 5.12. The molecule has 0 fully saturated rings. The van der Waals surface area contributed by atoms with Crippen LogP contribution in [0.5, 0.6) is 0 Å². The monoisotopic (exact) mass is 249 g/mol. The van der Waals surface area contributed by atoms with Crippen molar-refractivity contribution in [3.63, 3.8) is 0 Å². The maximum Gasteiger partial charge on any atom is 0.358 e. The molecule has 0 aliphatic rings. The van der Waals surface area contributed by atoms with Gasteiger partial charge < -0.3 is 14.6 Å². The highest BCUT2D eigenvalue weighted by molar-refractivity contribution is 5.86. The fourth-order valence-corrected chi connectivity index (χ4v) is 1.21. The Morgan fingerprint density at radius 1 is 1.44 bits per heavy atom. The highest BCUT2D eigenvalue weighted by atomic mass is 16.5. The quantitative estimate of drug-likeness (QED) is 0.784. The van der Waals surface area contributed by atoms with E-state index in [0.29, 0.717) is 24.1 Å². The number of nitrogens with zero attached hydrogens (tertiary/aromatic N) is 4. The van der Waals surface area contributed by atoms with Gasteiger partial charge in [-0.25, -0.2) is 14.8 Å². The number of nitrogens with one attached hydrogen (secondary N) is 1. The second-order valence-corrected chi connectivity index (χ2v) is 3.36. The standard InChI is InChI=1S/C10H11N5O3/c1-6-14-9(15-18-6)5-13-8-4-11-7(3-12-8)10(16)17-2/h3-4H,5H2,1-2H3,(H,12,13). The van der Waals surface area contributed by atoms with Gasteiger partial charge in [-0.2, -0.15) is 4.98 Å². The van der Waals surface area contributed by atoms with Crippen molar-refractivity contribution in [3.8, 4) is 0 Å². The van der Waals surface area contributed by atoms with Crippen LogP contribution in [-0.2, 0) is 11.3 Å². The van der Waals surface area contributed by atoms with Gasteiger partial charge in [0, 0.05) is 6.92 Å². The third-order valence-corrected chi connectivity index (χ3v) is 2.04. The molecule has 0 saturated heterocycles. The van der Waals surface area contributed by atoms with Crippen LogP contribution in [0.2, 0.25) is 0 Å². The lowest BCUT2D eigenvalue weighted by Gasteiger charge is -2.02. The second-order valence-electron chi connectivity index (χ2n) is 3.36. The predicted octanol–water partition coefficient (Wildman–Crippen LogP) is 0.567. The van der Waals surface area contributed by atoms with Crippen LogP contribution in [-0.4, -0.2) is 33.2 Å². The lowest BCUT2D eigenvalue weighted by Crippen LogP contribution is -2.07. The number of aryl methyl sites for hydroxylation is 1. The zero-order valence-corrected chi connectivity index (χ0v) is 9.88. The molecule has 0 aliphatic heterocycles. The minimum absolute atomic E-state index is 0.151. The fraction of sp³-hybridized carbons (Fsp3) is 0.300. The van der Waals surface area contributed by atoms with E-state index in [1.54, 1.807) is 6.92 Å². The molecule has 0 unspecified atom stereocenters. The molecule has 0 radical (unpaired) electrons. The first-order valence-electron chi connectivity index (χ1n) is 5.12. The van der Waals surface area contributed by atoms with E-state index in [1.165, 1.54) is 19.5 Å². The summed E-state index contributed by atoms with van der Waals surface area (Å²) in [7, 11) is 1.29. The zero-order chi connectivity index (χ0) is 13.0. The molecule has 1 N–H and O–H groups in total. The average molecular weight is 249 g/mol. The lowest BCUT2D eigenvalue weighted by molar-refractivity contribution is 0.0593. The van der Waals surface area contributed by atoms with Gasteiger partial charge in [-0.05, 0) is 0 Å². The topological polar surface area (TPSA) is 103 Å². The molecule has 2 aromatic heterocycles. The molecule has 0 aromatic carbocycles. The van der Waals surface area contributed by atoms with E-state index in [1.807, 2.05) is 0 Å². The third-order valence-electron chi connectivity index (χ3n) is 2.04. The maximum atomic E-state index is 11.1. The maximum absolute atomic E-state index is 11.1. The van der Waals surface area contributed by atoms with E-state index in [0.717, 1.165) is 0 Å². The van der Waals surface area contributed by atoms with Crippen molar-refractivity contribution in [2.75, 3.05) is 12.4 Å². The van der Waals surface area contributed by atoms with Crippen LogP contribution in [0.3, 0.4) is 0 Å². The van der Waals surface area contributed by atoms with E-state index < -0.39 is 5.97 Å². The number of carbonyl (C=O) groups excluding carboxylic acids is 1. The van der Waals surface area contributed by atoms with Crippen molar-refractivity contribution < 1.29 is 14.1 Å². The van der Waals surface area contributed by atoms with Gasteiger partial charge in [-0.3, -0.25) is 0 Å². The SMILES string of the molecule is COC(=O)c1cnc(NCc2noc(C)n2)cn1. The van der Waals surface area contributed by atoms with Crippen molar-refractivity contribution in [2.45, 2.75) is 13.5 Å². The number of hydrogen-bond donors (Lipinski definition) is 1. The Labute approximate surface area is 102 Å². The first kappa shape index (κ1) is 12.0. The summed E-state index contributed by atoms with van der Waals surface area (Å²) in [5, 5.41) is 6.67. The normalized spacial score (nSPS) is 10.1. The molecule has 2 heterocycles. The molecule has 0 atom stereocenters. The number of hydrogen-bond acceptors (Lipinski definition) is 8. The van der Waals surface area contributed by atoms with Crippen LogP contribution in [0.4, 0.5) is 5.82 Å². The van der Waals surface area contributed by atoms with Crippen LogP contribution in [0.25, 0.3) is 0 Å². The molecule has 8 heteroatoms. The summed E-state index contributed by atoms with van der Waals surface area (Å²) < 4.78 is 9.33. The van der Waals surface area contributed by atoms with Gasteiger partial charge >= 0.3 is 5.97 Å². The van der Waals surface area contributed by atoms with Crippen LogP contribution in [0.1, 0.15) is 22.2 Å². The van der Waals surface area contributed by atoms with Crippen LogP contribution < -0.4 is 5.32 Å². The molecule has 2 rings (SSSR count). The van der Waals surface area contributed by atoms with Crippen molar-refractivity contribution in [3.05, 3.63) is 29.8 Å². The number of aromatic nitrogens is 4. The molecule has 2 aromatic rings. The van der Waals surface area contributed by atoms with Crippen molar-refractivity contribution in [2.24, 2.45) is 0 Å². The molecule has 0 spiro atoms. The highest BCUT2D eigenvalue weighted by Crippen LogP contribution is 2.04. The van der Waals surface area contributed by atoms with Gasteiger partial charge in [0.1, 0.15) is 5.82 Å². The van der Waals surface area contributed by atoms with Gasteiger partial charge in [0.05, 0.1) is 26.0 Å². The fourth-order valence-electron chi connectivity index (χ4n) is 1.21. The molecule has 0 amide bonds. The minimum Gasteiger partial charge on any atom is -0.464 e. The number of ether oxygens (including phenoxy) is 1. The van der Waals surface area contributed by atoms with Gasteiger partial charge in [0.2, 0.25) is 5.89 Å². The number of carbonyl (C=O) groups is 1.